The minimum absolute atomic E-state index is 0.163. The molecule has 0 unspecified atom stereocenters. The highest BCUT2D eigenvalue weighted by molar-refractivity contribution is 5.73. The van der Waals surface area contributed by atoms with Crippen LogP contribution in [0.5, 0.6) is 0 Å². The minimum Gasteiger partial charge on any atom is -0.364 e. The van der Waals surface area contributed by atoms with Crippen LogP contribution in [0.3, 0.4) is 0 Å². The van der Waals surface area contributed by atoms with Gasteiger partial charge in [0.15, 0.2) is 0 Å². The Labute approximate surface area is 151 Å². The predicted molar refractivity (Wildman–Crippen MR) is 102 cm³/mol. The van der Waals surface area contributed by atoms with Gasteiger partial charge in [0.2, 0.25) is 11.6 Å². The van der Waals surface area contributed by atoms with E-state index in [1.807, 2.05) is 61.5 Å². The van der Waals surface area contributed by atoms with E-state index in [1.165, 1.54) is 6.33 Å². The minimum atomic E-state index is -0.471. The number of hydrogen-bond acceptors (Lipinski definition) is 6. The molecule has 0 saturated heterocycles. The van der Waals surface area contributed by atoms with Crippen molar-refractivity contribution < 1.29 is 4.92 Å². The Balaban J connectivity index is 1.77. The molecule has 2 aromatic carbocycles. The van der Waals surface area contributed by atoms with Gasteiger partial charge in [0, 0.05) is 12.2 Å². The van der Waals surface area contributed by atoms with Crippen LogP contribution in [-0.4, -0.2) is 21.4 Å². The monoisotopic (exact) mass is 349 g/mol. The topological polar surface area (TPSA) is 93.0 Å². The van der Waals surface area contributed by atoms with Gasteiger partial charge in [-0.15, -0.1) is 0 Å². The fraction of sp³-hybridized carbons (Fsp3) is 0.158. The quantitative estimate of drug-likeness (QED) is 0.493. The van der Waals surface area contributed by atoms with E-state index < -0.39 is 4.92 Å². The van der Waals surface area contributed by atoms with E-state index in [-0.39, 0.29) is 17.3 Å². The summed E-state index contributed by atoms with van der Waals surface area (Å²) in [4.78, 5) is 19.2. The van der Waals surface area contributed by atoms with Crippen LogP contribution in [0.2, 0.25) is 0 Å². The number of aromatic nitrogens is 2. The first-order valence-corrected chi connectivity index (χ1v) is 8.24. The van der Waals surface area contributed by atoms with Crippen LogP contribution in [0.15, 0.2) is 60.9 Å². The third kappa shape index (κ3) is 4.32. The molecule has 1 heterocycles. The number of anilines is 3. The van der Waals surface area contributed by atoms with E-state index in [1.54, 1.807) is 0 Å². The zero-order chi connectivity index (χ0) is 18.4. The van der Waals surface area contributed by atoms with Crippen molar-refractivity contribution in [3.8, 4) is 0 Å². The highest BCUT2D eigenvalue weighted by Gasteiger charge is 2.22. The van der Waals surface area contributed by atoms with Crippen LogP contribution >= 0.6 is 0 Å². The standard InChI is InChI=1S/C19H19N5O2/c1-14-7-9-16(10-8-14)23-19-17(24(25)26)18(21-13-22-19)20-12-11-15-5-3-2-4-6-15/h2-10,13H,11-12H2,1H3,(H2,20,21,22,23). The zero-order valence-corrected chi connectivity index (χ0v) is 14.3. The molecule has 0 amide bonds. The smallest absolute Gasteiger partial charge is 0.353 e. The van der Waals surface area contributed by atoms with Gasteiger partial charge >= 0.3 is 5.69 Å². The second kappa shape index (κ2) is 8.06. The molecular weight excluding hydrogens is 330 g/mol. The van der Waals surface area contributed by atoms with E-state index in [2.05, 4.69) is 20.6 Å². The number of rotatable bonds is 7. The third-order valence-electron chi connectivity index (χ3n) is 3.87. The van der Waals surface area contributed by atoms with Gasteiger partial charge in [0.1, 0.15) is 6.33 Å². The Bertz CT molecular complexity index is 882. The summed E-state index contributed by atoms with van der Waals surface area (Å²) < 4.78 is 0. The number of nitro groups is 1. The number of nitrogens with zero attached hydrogens (tertiary/aromatic N) is 3. The maximum absolute atomic E-state index is 11.6. The molecule has 3 aromatic rings. The van der Waals surface area contributed by atoms with E-state index in [4.69, 9.17) is 0 Å². The van der Waals surface area contributed by atoms with Crippen molar-refractivity contribution in [1.82, 2.24) is 9.97 Å². The molecule has 0 aliphatic rings. The molecule has 0 bridgehead atoms. The van der Waals surface area contributed by atoms with Gasteiger partial charge in [-0.1, -0.05) is 48.0 Å². The normalized spacial score (nSPS) is 10.3. The van der Waals surface area contributed by atoms with E-state index >= 15 is 0 Å². The van der Waals surface area contributed by atoms with Crippen LogP contribution in [0.25, 0.3) is 0 Å². The maximum Gasteiger partial charge on any atom is 0.353 e. The number of benzene rings is 2. The van der Waals surface area contributed by atoms with Crippen LogP contribution in [-0.2, 0) is 6.42 Å². The third-order valence-corrected chi connectivity index (χ3v) is 3.87. The second-order valence-corrected chi connectivity index (χ2v) is 5.83. The van der Waals surface area contributed by atoms with Gasteiger partial charge in [-0.25, -0.2) is 9.97 Å². The maximum atomic E-state index is 11.6. The summed E-state index contributed by atoms with van der Waals surface area (Å²) in [5.41, 5.74) is 2.82. The molecule has 0 spiro atoms. The molecule has 0 aliphatic heterocycles. The average Bonchev–Trinajstić information content (AvgIpc) is 2.64. The Kier molecular flexibility index (Phi) is 5.38. The molecule has 0 saturated carbocycles. The molecule has 1 aromatic heterocycles. The summed E-state index contributed by atoms with van der Waals surface area (Å²) in [6, 6.07) is 17.5. The highest BCUT2D eigenvalue weighted by Crippen LogP contribution is 2.31. The summed E-state index contributed by atoms with van der Waals surface area (Å²) >= 11 is 0. The summed E-state index contributed by atoms with van der Waals surface area (Å²) in [6.45, 7) is 2.51. The lowest BCUT2D eigenvalue weighted by atomic mass is 10.1. The number of hydrogen-bond donors (Lipinski definition) is 2. The van der Waals surface area contributed by atoms with Gasteiger partial charge in [-0.05, 0) is 31.0 Å². The lowest BCUT2D eigenvalue weighted by molar-refractivity contribution is -0.383. The van der Waals surface area contributed by atoms with Crippen LogP contribution < -0.4 is 10.6 Å². The first kappa shape index (κ1) is 17.3. The van der Waals surface area contributed by atoms with Gasteiger partial charge < -0.3 is 10.6 Å². The molecule has 7 nitrogen and oxygen atoms in total. The van der Waals surface area contributed by atoms with Crippen molar-refractivity contribution in [2.24, 2.45) is 0 Å². The zero-order valence-electron chi connectivity index (χ0n) is 14.3. The molecule has 0 radical (unpaired) electrons. The molecule has 0 fully saturated rings. The molecule has 0 aliphatic carbocycles. The van der Waals surface area contributed by atoms with Gasteiger partial charge in [0.25, 0.3) is 0 Å². The van der Waals surface area contributed by atoms with E-state index in [9.17, 15) is 10.1 Å². The lowest BCUT2D eigenvalue weighted by Gasteiger charge is -2.10. The summed E-state index contributed by atoms with van der Waals surface area (Å²) in [5.74, 6) is 0.367. The molecule has 0 atom stereocenters. The number of aryl methyl sites for hydroxylation is 1. The van der Waals surface area contributed by atoms with Crippen LogP contribution in [0.1, 0.15) is 11.1 Å². The first-order valence-electron chi connectivity index (χ1n) is 8.24. The summed E-state index contributed by atoms with van der Waals surface area (Å²) in [5, 5.41) is 17.6. The van der Waals surface area contributed by atoms with Gasteiger partial charge in [0.05, 0.1) is 4.92 Å². The lowest BCUT2D eigenvalue weighted by Crippen LogP contribution is -2.10. The van der Waals surface area contributed by atoms with Crippen molar-refractivity contribution in [1.29, 1.82) is 0 Å². The molecule has 2 N–H and O–H groups in total. The molecule has 3 rings (SSSR count). The largest absolute Gasteiger partial charge is 0.364 e. The number of nitrogens with one attached hydrogen (secondary N) is 2. The van der Waals surface area contributed by atoms with E-state index in [0.29, 0.717) is 6.54 Å². The molecule has 7 heteroatoms. The van der Waals surface area contributed by atoms with Crippen LogP contribution in [0, 0.1) is 17.0 Å². The van der Waals surface area contributed by atoms with E-state index in [0.717, 1.165) is 23.2 Å². The first-order chi connectivity index (χ1) is 12.6. The Morgan fingerprint density at radius 3 is 2.38 bits per heavy atom. The van der Waals surface area contributed by atoms with Crippen molar-refractivity contribution in [3.63, 3.8) is 0 Å². The van der Waals surface area contributed by atoms with Crippen molar-refractivity contribution in [3.05, 3.63) is 82.2 Å². The average molecular weight is 349 g/mol. The summed E-state index contributed by atoms with van der Waals surface area (Å²) in [7, 11) is 0. The van der Waals surface area contributed by atoms with Crippen molar-refractivity contribution >= 4 is 23.0 Å². The highest BCUT2D eigenvalue weighted by atomic mass is 16.6. The van der Waals surface area contributed by atoms with Crippen molar-refractivity contribution in [2.45, 2.75) is 13.3 Å². The Morgan fingerprint density at radius 1 is 1.00 bits per heavy atom. The van der Waals surface area contributed by atoms with Gasteiger partial charge in [-0.2, -0.15) is 0 Å². The van der Waals surface area contributed by atoms with Crippen LogP contribution in [0.4, 0.5) is 23.0 Å². The molecular formula is C19H19N5O2. The van der Waals surface area contributed by atoms with Crippen molar-refractivity contribution in [2.75, 3.05) is 17.2 Å². The fourth-order valence-electron chi connectivity index (χ4n) is 2.52. The summed E-state index contributed by atoms with van der Waals surface area (Å²) in [6.07, 6.45) is 2.05. The Hall–Kier alpha value is -3.48. The predicted octanol–water partition coefficient (Wildman–Crippen LogP) is 4.09. The second-order valence-electron chi connectivity index (χ2n) is 5.83. The Morgan fingerprint density at radius 2 is 1.69 bits per heavy atom. The van der Waals surface area contributed by atoms with Gasteiger partial charge in [-0.3, -0.25) is 10.1 Å². The molecule has 132 valence electrons. The molecule has 26 heavy (non-hydrogen) atoms. The SMILES string of the molecule is Cc1ccc(Nc2ncnc(NCCc3ccccc3)c2[N+](=O)[O-])cc1. The fourth-order valence-corrected chi connectivity index (χ4v) is 2.52.